The second-order valence-electron chi connectivity index (χ2n) is 24.2. The molecule has 1 aromatic rings. The van der Waals surface area contributed by atoms with Gasteiger partial charge in [-0.05, 0) is 94.2 Å². The fourth-order valence-electron chi connectivity index (χ4n) is 11.1. The van der Waals surface area contributed by atoms with Crippen LogP contribution in [-0.2, 0) is 78.2 Å². The van der Waals surface area contributed by atoms with Gasteiger partial charge in [0.2, 0.25) is 23.6 Å². The number of carbonyl (C=O) groups is 11. The highest BCUT2D eigenvalue weighted by Gasteiger charge is 2.58. The van der Waals surface area contributed by atoms with Crippen LogP contribution in [-0.4, -0.2) is 145 Å². The maximum Gasteiger partial charge on any atom is 0.330 e. The number of allylic oxidation sites excluding steroid dienone is 3. The number of carboxylic acids is 1. The second kappa shape index (κ2) is 32.9. The third kappa shape index (κ3) is 20.2. The van der Waals surface area contributed by atoms with Crippen molar-refractivity contribution in [2.24, 2.45) is 39.7 Å². The molecule has 9 atom stereocenters. The van der Waals surface area contributed by atoms with Crippen molar-refractivity contribution in [1.82, 2.24) is 26.2 Å². The lowest BCUT2D eigenvalue weighted by Crippen LogP contribution is -2.57. The number of fused-ring (bicyclic) bond motifs is 5. The monoisotopic (exact) mass is 1220 g/mol. The summed E-state index contributed by atoms with van der Waals surface area (Å²) < 4.78 is 30.3. The van der Waals surface area contributed by atoms with Crippen molar-refractivity contribution in [3.05, 3.63) is 77.9 Å². The van der Waals surface area contributed by atoms with Crippen molar-refractivity contribution < 1.29 is 81.5 Å². The zero-order chi connectivity index (χ0) is 64.1. The first-order chi connectivity index (χ1) is 41.2. The van der Waals surface area contributed by atoms with Crippen molar-refractivity contribution in [1.29, 1.82) is 0 Å². The lowest BCUT2D eigenvalue weighted by atomic mass is 9.56. The minimum atomic E-state index is -1.46. The van der Waals surface area contributed by atoms with Gasteiger partial charge in [-0.15, -0.1) is 0 Å². The molecule has 8 amide bonds. The quantitative estimate of drug-likeness (QED) is 0.00883. The number of anilines is 1. The van der Waals surface area contributed by atoms with Crippen molar-refractivity contribution in [3.8, 4) is 0 Å². The Morgan fingerprint density at radius 2 is 1.55 bits per heavy atom. The van der Waals surface area contributed by atoms with Gasteiger partial charge in [0.25, 0.3) is 11.8 Å². The van der Waals surface area contributed by atoms with Gasteiger partial charge < -0.3 is 61.1 Å². The van der Waals surface area contributed by atoms with Crippen molar-refractivity contribution in [2.45, 2.75) is 169 Å². The number of primary amides is 1. The Labute approximate surface area is 508 Å². The molecule has 2 fully saturated rings. The van der Waals surface area contributed by atoms with E-state index in [2.05, 4.69) is 46.5 Å². The predicted molar refractivity (Wildman–Crippen MR) is 318 cm³/mol. The number of carboxylic acid groups (broad SMARTS) is 1. The van der Waals surface area contributed by atoms with Crippen LogP contribution in [0.25, 0.3) is 0 Å². The smallest absolute Gasteiger partial charge is 0.330 e. The average molecular weight is 1220 g/mol. The van der Waals surface area contributed by atoms with Crippen LogP contribution in [0, 0.1) is 34.0 Å². The van der Waals surface area contributed by atoms with Gasteiger partial charge in [-0.3, -0.25) is 38.5 Å². The Balaban J connectivity index is 1.21. The Morgan fingerprint density at radius 3 is 2.22 bits per heavy atom. The number of unbranched alkanes of at least 4 members (excludes halogenated alkanes) is 2. The molecule has 8 N–H and O–H groups in total. The third-order valence-electron chi connectivity index (χ3n) is 17.2. The molecule has 1 aliphatic carbocycles. The highest BCUT2D eigenvalue weighted by atomic mass is 16.6. The first-order valence-corrected chi connectivity index (χ1v) is 30.1. The summed E-state index contributed by atoms with van der Waals surface area (Å²) in [7, 11) is 0. The highest BCUT2D eigenvalue weighted by molar-refractivity contribution is 6.12. The van der Waals surface area contributed by atoms with Crippen LogP contribution in [0.1, 0.15) is 138 Å². The Morgan fingerprint density at radius 1 is 0.851 bits per heavy atom. The standard InChI is InChI=1S/C63H89N7O17/c1-9-43(28-33-84-52(76)19-13-12-18-51(74)75)54(58(80)86-38-63-30-26-40(4)34-47(63)87-45-27-29-62(63,8)37-83-36-45)69-59(81)61(6,7)41(5)57(79)85-35-42-20-22-44(23-21-42)66-55(77)46(16-15-31-65-60(64)82)67-56(78)53(39(2)3)68-48(71)17-11-10-14-32-70-49(72)24-25-50(70)73/h12-13,18-25,34,39,41,43,45-47,53-54H,9-11,14-17,26-33,35-38H2,1-8H3,(H,66,77)(H,67,78)(H,68,71)(H,69,81)(H,74,75)(H3,64,65,82)/b18-12-,19-13+/t41?,43-,45?,46+,47-,53?,54?,62?,63-/m1/s1. The maximum atomic E-state index is 14.7. The van der Waals surface area contributed by atoms with E-state index in [-0.39, 0.29) is 88.5 Å². The molecule has 1 aromatic carbocycles. The molecule has 478 valence electrons. The molecule has 5 unspecified atom stereocenters. The molecule has 24 nitrogen and oxygen atoms in total. The molecule has 2 saturated heterocycles. The number of urea groups is 1. The number of nitrogens with two attached hydrogens (primary N) is 1. The third-order valence-corrected chi connectivity index (χ3v) is 17.2. The van der Waals surface area contributed by atoms with E-state index in [0.29, 0.717) is 56.6 Å². The number of amides is 8. The van der Waals surface area contributed by atoms with Crippen molar-refractivity contribution in [3.63, 3.8) is 0 Å². The largest absolute Gasteiger partial charge is 0.478 e. The van der Waals surface area contributed by atoms with Crippen LogP contribution >= 0.6 is 0 Å². The predicted octanol–water partition coefficient (Wildman–Crippen LogP) is 5.39. The van der Waals surface area contributed by atoms with Gasteiger partial charge in [0.05, 0.1) is 43.4 Å². The van der Waals surface area contributed by atoms with Crippen LogP contribution in [0.15, 0.2) is 72.4 Å². The van der Waals surface area contributed by atoms with E-state index >= 15 is 0 Å². The Hall–Kier alpha value is -7.73. The lowest BCUT2D eigenvalue weighted by molar-refractivity contribution is -0.188. The molecule has 4 aliphatic rings. The summed E-state index contributed by atoms with van der Waals surface area (Å²) in [5.74, 6) is -8.40. The van der Waals surface area contributed by atoms with Crippen LogP contribution in [0.5, 0.6) is 0 Å². The summed E-state index contributed by atoms with van der Waals surface area (Å²) in [5, 5.41) is 22.5. The normalized spacial score (nSPS) is 21.8. The van der Waals surface area contributed by atoms with E-state index in [9.17, 15) is 52.7 Å². The van der Waals surface area contributed by atoms with Gasteiger partial charge in [-0.2, -0.15) is 0 Å². The number of imide groups is 1. The second-order valence-corrected chi connectivity index (χ2v) is 24.2. The van der Waals surface area contributed by atoms with E-state index < -0.39 is 99.7 Å². The number of hydrogen-bond donors (Lipinski definition) is 7. The van der Waals surface area contributed by atoms with Gasteiger partial charge in [0.15, 0.2) is 0 Å². The Bertz CT molecular complexity index is 2760. The van der Waals surface area contributed by atoms with E-state index in [0.717, 1.165) is 36.3 Å². The minimum absolute atomic E-state index is 0.0175. The fraction of sp³-hybridized carbons (Fsp3) is 0.603. The SMILES string of the molecule is CC[C@H](CCOC(=O)/C=C/C=C\C(=O)O)C(NC(=O)C(C)(C)C(C)C(=O)OCc1ccc(NC(=O)[C@H](CCCNC(N)=O)NC(=O)C(NC(=O)CCCCCN2C(=O)C=CC2=O)C(C)C)cc1)C(=O)OC[C@]12CCC(C)=C[C@H]1OC1CCC2(C)COC1. The number of aliphatic carboxylic acids is 1. The molecular weight excluding hydrogens is 1130 g/mol. The molecular formula is C63H89N7O17. The fourth-order valence-corrected chi connectivity index (χ4v) is 11.1. The van der Waals surface area contributed by atoms with E-state index in [1.165, 1.54) is 36.8 Å². The first kappa shape index (κ1) is 70.0. The van der Waals surface area contributed by atoms with Crippen molar-refractivity contribution >= 4 is 71.0 Å². The molecule has 3 heterocycles. The lowest BCUT2D eigenvalue weighted by Gasteiger charge is -2.52. The summed E-state index contributed by atoms with van der Waals surface area (Å²) in [5.41, 5.74) is 4.76. The van der Waals surface area contributed by atoms with Gasteiger partial charge in [0, 0.05) is 60.3 Å². The van der Waals surface area contributed by atoms with Crippen LogP contribution < -0.4 is 32.3 Å². The topological polar surface area (TPSA) is 344 Å². The number of rotatable bonds is 33. The molecule has 0 spiro atoms. The molecule has 0 aromatic heterocycles. The van der Waals surface area contributed by atoms with Gasteiger partial charge in [0.1, 0.15) is 31.3 Å². The highest BCUT2D eigenvalue weighted by Crippen LogP contribution is 2.56. The maximum absolute atomic E-state index is 14.7. The minimum Gasteiger partial charge on any atom is -0.478 e. The van der Waals surface area contributed by atoms with Crippen molar-refractivity contribution in [2.75, 3.05) is 44.8 Å². The number of nitrogens with one attached hydrogen (secondary N) is 5. The van der Waals surface area contributed by atoms with E-state index in [4.69, 9.17) is 34.5 Å². The average Bonchev–Trinajstić information content (AvgIpc) is 1.90. The molecule has 3 aliphatic heterocycles. The van der Waals surface area contributed by atoms with E-state index in [1.54, 1.807) is 52.0 Å². The summed E-state index contributed by atoms with van der Waals surface area (Å²) >= 11 is 0. The zero-order valence-corrected chi connectivity index (χ0v) is 51.4. The van der Waals surface area contributed by atoms with Crippen LogP contribution in [0.3, 0.4) is 0 Å². The molecule has 5 rings (SSSR count). The number of benzene rings is 1. The molecule has 24 heteroatoms. The molecule has 0 radical (unpaired) electrons. The Kier molecular flexibility index (Phi) is 26.4. The summed E-state index contributed by atoms with van der Waals surface area (Å²) in [6.07, 6.45) is 13.8. The molecule has 2 bridgehead atoms. The number of ether oxygens (including phenoxy) is 5. The number of carbonyl (C=O) groups excluding carboxylic acids is 10. The zero-order valence-electron chi connectivity index (χ0n) is 51.4. The molecule has 0 saturated carbocycles. The van der Waals surface area contributed by atoms with Crippen LogP contribution in [0.2, 0.25) is 0 Å². The van der Waals surface area contributed by atoms with Gasteiger partial charge >= 0.3 is 29.9 Å². The number of nitrogens with zero attached hydrogens (tertiary/aromatic N) is 1. The summed E-state index contributed by atoms with van der Waals surface area (Å²) in [4.78, 5) is 143. The number of esters is 3. The van der Waals surface area contributed by atoms with Crippen LogP contribution in [0.4, 0.5) is 10.5 Å². The van der Waals surface area contributed by atoms with E-state index in [1.807, 2.05) is 6.92 Å². The van der Waals surface area contributed by atoms with Gasteiger partial charge in [-0.1, -0.05) is 97.2 Å². The summed E-state index contributed by atoms with van der Waals surface area (Å²) in [6.45, 7) is 15.1. The molecule has 87 heavy (non-hydrogen) atoms. The summed E-state index contributed by atoms with van der Waals surface area (Å²) in [6, 6.07) is 2.23. The first-order valence-electron chi connectivity index (χ1n) is 30.1. The number of hydrogen-bond acceptors (Lipinski definition) is 16. The van der Waals surface area contributed by atoms with Gasteiger partial charge in [-0.25, -0.2) is 19.2 Å².